The Balaban J connectivity index is 1.64. The van der Waals surface area contributed by atoms with Gasteiger partial charge in [-0.3, -0.25) is 4.79 Å². The van der Waals surface area contributed by atoms with Crippen LogP contribution < -0.4 is 16.6 Å². The summed E-state index contributed by atoms with van der Waals surface area (Å²) in [5.41, 5.74) is 9.53. The molecule has 8 nitrogen and oxygen atoms in total. The highest BCUT2D eigenvalue weighted by Gasteiger charge is 2.45. The van der Waals surface area contributed by atoms with E-state index in [-0.39, 0.29) is 47.6 Å². The standard InChI is InChI=1S/C27H29FN4O4/c1-4-27(35)17-7-21-24-15(10-32(21)25(33)16(17)11-36-26(27)34)23-19(30-9-12(2)29)6-5-14-13(3)18(28)8-20(31-24)22(14)23/h7-8,12,19,30,35H,4-6,9-11,29H2,1-3H3/t12?,19-,27-/m0/s1. The third-order valence-corrected chi connectivity index (χ3v) is 8.06. The fourth-order valence-electron chi connectivity index (χ4n) is 6.09. The molecule has 4 N–H and O–H groups in total. The largest absolute Gasteiger partial charge is 0.458 e. The molecule has 0 saturated carbocycles. The van der Waals surface area contributed by atoms with Crippen LogP contribution in [0.4, 0.5) is 4.39 Å². The van der Waals surface area contributed by atoms with E-state index in [4.69, 9.17) is 15.5 Å². The molecule has 4 heterocycles. The van der Waals surface area contributed by atoms with Crippen LogP contribution in [0.3, 0.4) is 0 Å². The highest BCUT2D eigenvalue weighted by molar-refractivity contribution is 5.93. The fourth-order valence-corrected chi connectivity index (χ4v) is 6.09. The monoisotopic (exact) mass is 492 g/mol. The molecule has 3 atom stereocenters. The second-order valence-electron chi connectivity index (χ2n) is 10.3. The number of cyclic esters (lactones) is 1. The molecule has 6 rings (SSSR count). The molecule has 1 aromatic carbocycles. The maximum atomic E-state index is 14.9. The average molecular weight is 493 g/mol. The minimum atomic E-state index is -1.89. The number of pyridine rings is 2. The Morgan fingerprint density at radius 3 is 2.83 bits per heavy atom. The number of carbonyl (C=O) groups is 1. The van der Waals surface area contributed by atoms with E-state index < -0.39 is 11.6 Å². The SMILES string of the molecule is CC[C@@]1(O)C(=O)OCc2c1cc1n(c2=O)Cc2c-1nc1cc(F)c(C)c3c1c2[C@@H](NCC(C)N)CC3. The van der Waals surface area contributed by atoms with Crippen molar-refractivity contribution in [3.8, 4) is 11.4 Å². The van der Waals surface area contributed by atoms with Crippen molar-refractivity contribution in [2.24, 2.45) is 5.73 Å². The summed E-state index contributed by atoms with van der Waals surface area (Å²) >= 11 is 0. The van der Waals surface area contributed by atoms with Gasteiger partial charge in [0.1, 0.15) is 12.4 Å². The maximum Gasteiger partial charge on any atom is 0.343 e. The second kappa shape index (κ2) is 7.93. The van der Waals surface area contributed by atoms with E-state index >= 15 is 0 Å². The van der Waals surface area contributed by atoms with E-state index in [9.17, 15) is 19.1 Å². The number of fused-ring (bicyclic) bond motifs is 5. The number of aromatic nitrogens is 2. The summed E-state index contributed by atoms with van der Waals surface area (Å²) in [5, 5.41) is 15.7. The second-order valence-corrected chi connectivity index (χ2v) is 10.3. The van der Waals surface area contributed by atoms with Gasteiger partial charge < -0.3 is 25.5 Å². The first kappa shape index (κ1) is 23.3. The number of nitrogens with zero attached hydrogens (tertiary/aromatic N) is 2. The molecule has 9 heteroatoms. The lowest BCUT2D eigenvalue weighted by Crippen LogP contribution is -2.44. The Hall–Kier alpha value is -3.14. The number of aliphatic hydroxyl groups is 1. The first-order valence-electron chi connectivity index (χ1n) is 12.5. The van der Waals surface area contributed by atoms with Crippen LogP contribution in [0.5, 0.6) is 0 Å². The van der Waals surface area contributed by atoms with Crippen LogP contribution in [0, 0.1) is 12.7 Å². The zero-order chi connectivity index (χ0) is 25.5. The topological polar surface area (TPSA) is 119 Å². The molecule has 0 spiro atoms. The molecule has 188 valence electrons. The van der Waals surface area contributed by atoms with E-state index in [1.165, 1.54) is 6.07 Å². The average Bonchev–Trinajstić information content (AvgIpc) is 3.22. The van der Waals surface area contributed by atoms with Gasteiger partial charge in [-0.2, -0.15) is 0 Å². The predicted molar refractivity (Wildman–Crippen MR) is 132 cm³/mol. The van der Waals surface area contributed by atoms with Crippen LogP contribution >= 0.6 is 0 Å². The van der Waals surface area contributed by atoms with Crippen molar-refractivity contribution >= 4 is 16.9 Å². The van der Waals surface area contributed by atoms with Crippen LogP contribution in [0.2, 0.25) is 0 Å². The summed E-state index contributed by atoms with van der Waals surface area (Å²) in [6.07, 6.45) is 1.56. The lowest BCUT2D eigenvalue weighted by Gasteiger charge is -2.31. The minimum Gasteiger partial charge on any atom is -0.458 e. The normalized spacial score (nSPS) is 22.7. The van der Waals surface area contributed by atoms with Crippen molar-refractivity contribution in [2.45, 2.75) is 70.9 Å². The van der Waals surface area contributed by atoms with E-state index in [0.717, 1.165) is 28.5 Å². The molecule has 2 aromatic heterocycles. The van der Waals surface area contributed by atoms with E-state index in [1.807, 2.05) is 6.92 Å². The van der Waals surface area contributed by atoms with Crippen molar-refractivity contribution in [1.82, 2.24) is 14.9 Å². The maximum absolute atomic E-state index is 14.9. The molecule has 0 radical (unpaired) electrons. The summed E-state index contributed by atoms with van der Waals surface area (Å²) < 4.78 is 21.7. The lowest BCUT2D eigenvalue weighted by molar-refractivity contribution is -0.172. The predicted octanol–water partition coefficient (Wildman–Crippen LogP) is 2.45. The summed E-state index contributed by atoms with van der Waals surface area (Å²) in [6.45, 7) is 6.15. The lowest BCUT2D eigenvalue weighted by atomic mass is 9.81. The van der Waals surface area contributed by atoms with Crippen LogP contribution in [0.15, 0.2) is 16.9 Å². The number of benzene rings is 1. The molecule has 0 bridgehead atoms. The number of aryl methyl sites for hydroxylation is 1. The molecule has 3 aromatic rings. The number of nitrogens with one attached hydrogen (secondary N) is 1. The number of halogens is 1. The highest BCUT2D eigenvalue weighted by Crippen LogP contribution is 2.45. The number of hydrogen-bond donors (Lipinski definition) is 3. The molecule has 2 aliphatic heterocycles. The zero-order valence-electron chi connectivity index (χ0n) is 20.6. The van der Waals surface area contributed by atoms with Crippen molar-refractivity contribution in [3.05, 3.63) is 61.7 Å². The van der Waals surface area contributed by atoms with Crippen LogP contribution in [0.25, 0.3) is 22.3 Å². The number of ether oxygens (including phenoxy) is 1. The Morgan fingerprint density at radius 1 is 1.33 bits per heavy atom. The van der Waals surface area contributed by atoms with Gasteiger partial charge >= 0.3 is 5.97 Å². The zero-order valence-corrected chi connectivity index (χ0v) is 20.6. The third kappa shape index (κ3) is 3.06. The number of hydrogen-bond acceptors (Lipinski definition) is 7. The van der Waals surface area contributed by atoms with Crippen LogP contribution in [0.1, 0.15) is 66.1 Å². The number of carbonyl (C=O) groups excluding carboxylic acids is 1. The number of rotatable bonds is 4. The van der Waals surface area contributed by atoms with Gasteiger partial charge in [-0.15, -0.1) is 0 Å². The summed E-state index contributed by atoms with van der Waals surface area (Å²) in [4.78, 5) is 30.9. The van der Waals surface area contributed by atoms with Crippen molar-refractivity contribution in [1.29, 1.82) is 0 Å². The van der Waals surface area contributed by atoms with Crippen LogP contribution in [-0.2, 0) is 34.7 Å². The van der Waals surface area contributed by atoms with Crippen LogP contribution in [-0.4, -0.2) is 33.2 Å². The minimum absolute atomic E-state index is 0.0234. The Bertz CT molecular complexity index is 1530. The van der Waals surface area contributed by atoms with Gasteiger partial charge in [0.2, 0.25) is 0 Å². The molecule has 1 unspecified atom stereocenters. The Kier molecular flexibility index (Phi) is 5.13. The summed E-state index contributed by atoms with van der Waals surface area (Å²) in [6, 6.07) is 3.09. The van der Waals surface area contributed by atoms with Gasteiger partial charge in [0, 0.05) is 41.2 Å². The van der Waals surface area contributed by atoms with Gasteiger partial charge in [-0.05, 0) is 55.9 Å². The quantitative estimate of drug-likeness (QED) is 0.375. The molecular formula is C27H29FN4O4. The third-order valence-electron chi connectivity index (χ3n) is 8.06. The van der Waals surface area contributed by atoms with Gasteiger partial charge in [-0.1, -0.05) is 6.92 Å². The van der Waals surface area contributed by atoms with Gasteiger partial charge in [0.05, 0.1) is 29.0 Å². The van der Waals surface area contributed by atoms with Crippen molar-refractivity contribution in [2.75, 3.05) is 6.54 Å². The van der Waals surface area contributed by atoms with E-state index in [1.54, 1.807) is 24.5 Å². The number of nitrogens with two attached hydrogens (primary N) is 1. The molecule has 1 aliphatic carbocycles. The Morgan fingerprint density at radius 2 is 2.11 bits per heavy atom. The fraction of sp³-hybridized carbons (Fsp3) is 0.444. The Labute approximate surface area is 207 Å². The molecule has 0 saturated heterocycles. The van der Waals surface area contributed by atoms with Gasteiger partial charge in [0.25, 0.3) is 5.56 Å². The van der Waals surface area contributed by atoms with Gasteiger partial charge in [-0.25, -0.2) is 14.2 Å². The first-order valence-corrected chi connectivity index (χ1v) is 12.5. The molecule has 3 aliphatic rings. The first-order chi connectivity index (χ1) is 17.2. The van der Waals surface area contributed by atoms with E-state index in [0.29, 0.717) is 42.0 Å². The smallest absolute Gasteiger partial charge is 0.343 e. The van der Waals surface area contributed by atoms with Crippen molar-refractivity contribution in [3.63, 3.8) is 0 Å². The summed E-state index contributed by atoms with van der Waals surface area (Å²) in [5.74, 6) is -1.06. The summed E-state index contributed by atoms with van der Waals surface area (Å²) in [7, 11) is 0. The molecule has 0 amide bonds. The van der Waals surface area contributed by atoms with E-state index in [2.05, 4.69) is 5.32 Å². The number of esters is 1. The highest BCUT2D eigenvalue weighted by atomic mass is 19.1. The molecular weight excluding hydrogens is 463 g/mol. The van der Waals surface area contributed by atoms with Gasteiger partial charge in [0.15, 0.2) is 5.60 Å². The van der Waals surface area contributed by atoms with Crippen molar-refractivity contribution < 1.29 is 19.0 Å². The molecule has 0 fully saturated rings. The molecule has 36 heavy (non-hydrogen) atoms.